The van der Waals surface area contributed by atoms with Crippen LogP contribution in [0.2, 0.25) is 0 Å². The van der Waals surface area contributed by atoms with Gasteiger partial charge in [-0.2, -0.15) is 0 Å². The number of methoxy groups -OCH3 is 4. The number of allylic oxidation sites excluding steroid dienone is 4. The lowest BCUT2D eigenvalue weighted by Gasteiger charge is -2.31. The first-order valence-electron chi connectivity index (χ1n) is 15.5. The molecule has 44 heavy (non-hydrogen) atoms. The summed E-state index contributed by atoms with van der Waals surface area (Å²) in [6.45, 7) is 15.8. The van der Waals surface area contributed by atoms with Crippen molar-refractivity contribution in [1.82, 2.24) is 0 Å². The molecule has 1 unspecified atom stereocenters. The van der Waals surface area contributed by atoms with Crippen molar-refractivity contribution in [3.63, 3.8) is 0 Å². The number of hydrogen-bond acceptors (Lipinski definition) is 7. The number of rotatable bonds is 16. The van der Waals surface area contributed by atoms with E-state index in [1.807, 2.05) is 12.1 Å². The van der Waals surface area contributed by atoms with Gasteiger partial charge in [-0.3, -0.25) is 0 Å². The molecule has 0 spiro atoms. The zero-order chi connectivity index (χ0) is 32.5. The van der Waals surface area contributed by atoms with E-state index in [1.54, 1.807) is 28.4 Å². The van der Waals surface area contributed by atoms with Crippen molar-refractivity contribution < 1.29 is 33.5 Å². The molecule has 0 radical (unpaired) electrons. The second-order valence-electron chi connectivity index (χ2n) is 13.3. The van der Waals surface area contributed by atoms with E-state index in [-0.39, 0.29) is 11.2 Å². The Balaban J connectivity index is 1.85. The molecule has 1 aliphatic rings. The maximum Gasteiger partial charge on any atom is 0.130 e. The predicted octanol–water partition coefficient (Wildman–Crippen LogP) is 7.99. The second-order valence-corrected chi connectivity index (χ2v) is 13.3. The molecule has 0 saturated carbocycles. The molecule has 1 atom stereocenters. The summed E-state index contributed by atoms with van der Waals surface area (Å²) >= 11 is 0. The first kappa shape index (κ1) is 35.6. The normalized spacial score (nSPS) is 14.7. The van der Waals surface area contributed by atoms with Crippen molar-refractivity contribution in [2.45, 2.75) is 86.2 Å². The van der Waals surface area contributed by atoms with Crippen LogP contribution in [0.3, 0.4) is 0 Å². The zero-order valence-corrected chi connectivity index (χ0v) is 28.6. The summed E-state index contributed by atoms with van der Waals surface area (Å²) in [5, 5.41) is 10.8. The minimum Gasteiger partial charge on any atom is -0.507 e. The highest BCUT2D eigenvalue weighted by atomic mass is 16.5. The summed E-state index contributed by atoms with van der Waals surface area (Å²) < 4.78 is 34.5. The molecule has 0 fully saturated rings. The first-order chi connectivity index (χ1) is 20.9. The predicted molar refractivity (Wildman–Crippen MR) is 175 cm³/mol. The zero-order valence-electron chi connectivity index (χ0n) is 28.6. The summed E-state index contributed by atoms with van der Waals surface area (Å²) in [7, 11) is 6.62. The highest BCUT2D eigenvalue weighted by Gasteiger charge is 2.29. The Kier molecular flexibility index (Phi) is 12.9. The van der Waals surface area contributed by atoms with Gasteiger partial charge in [0.25, 0.3) is 0 Å². The van der Waals surface area contributed by atoms with E-state index in [1.165, 1.54) is 5.57 Å². The van der Waals surface area contributed by atoms with Crippen LogP contribution in [-0.2, 0) is 55.5 Å². The van der Waals surface area contributed by atoms with Crippen LogP contribution >= 0.6 is 0 Å². The minimum atomic E-state index is -0.421. The van der Waals surface area contributed by atoms with Gasteiger partial charge in [-0.05, 0) is 59.2 Å². The van der Waals surface area contributed by atoms with Gasteiger partial charge in [0, 0.05) is 62.5 Å². The van der Waals surface area contributed by atoms with E-state index in [0.29, 0.717) is 45.6 Å². The van der Waals surface area contributed by atoms with Crippen molar-refractivity contribution in [3.8, 4) is 11.5 Å². The third-order valence-corrected chi connectivity index (χ3v) is 8.77. The molecule has 2 aromatic rings. The Morgan fingerprint density at radius 2 is 1.11 bits per heavy atom. The summed E-state index contributed by atoms with van der Waals surface area (Å²) in [5.74, 6) is 2.50. The van der Waals surface area contributed by atoms with Crippen LogP contribution in [0.4, 0.5) is 0 Å². The largest absolute Gasteiger partial charge is 0.507 e. The smallest absolute Gasteiger partial charge is 0.130 e. The number of aromatic hydroxyl groups is 1. The quantitative estimate of drug-likeness (QED) is 0.193. The molecule has 0 amide bonds. The third kappa shape index (κ3) is 8.87. The lowest BCUT2D eigenvalue weighted by Crippen LogP contribution is -2.21. The van der Waals surface area contributed by atoms with Gasteiger partial charge in [-0.1, -0.05) is 53.2 Å². The molecule has 1 aliphatic carbocycles. The second kappa shape index (κ2) is 15.9. The SMILES string of the molecule is COCc1cc(C(C)(C)c2cc(COC)c(OCCOC3=CC=C(C(C)C(C)(C)C)CC3)c(COC)c2)cc(COC)c1O. The molecular formula is C37H54O7. The van der Waals surface area contributed by atoms with Gasteiger partial charge < -0.3 is 33.5 Å². The Hall–Kier alpha value is -2.84. The fraction of sp³-hybridized carbons (Fsp3) is 0.568. The number of phenolic OH excluding ortho intramolecular Hbond substituents is 1. The van der Waals surface area contributed by atoms with Crippen LogP contribution in [0.15, 0.2) is 47.7 Å². The number of phenols is 1. The summed E-state index contributed by atoms with van der Waals surface area (Å²) in [5.41, 5.74) is 6.77. The molecule has 0 bridgehead atoms. The highest BCUT2D eigenvalue weighted by Crippen LogP contribution is 2.40. The number of benzene rings is 2. The Bertz CT molecular complexity index is 1250. The lowest BCUT2D eigenvalue weighted by molar-refractivity contribution is 0.138. The molecule has 7 heteroatoms. The minimum absolute atomic E-state index is 0.208. The van der Waals surface area contributed by atoms with Crippen LogP contribution in [0.25, 0.3) is 0 Å². The van der Waals surface area contributed by atoms with E-state index in [0.717, 1.165) is 57.7 Å². The van der Waals surface area contributed by atoms with Crippen molar-refractivity contribution >= 4 is 0 Å². The summed E-state index contributed by atoms with van der Waals surface area (Å²) in [6, 6.07) is 8.30. The van der Waals surface area contributed by atoms with E-state index in [2.05, 4.69) is 65.8 Å². The molecule has 2 aromatic carbocycles. The Morgan fingerprint density at radius 1 is 0.659 bits per heavy atom. The van der Waals surface area contributed by atoms with Crippen molar-refractivity contribution in [2.24, 2.45) is 11.3 Å². The van der Waals surface area contributed by atoms with E-state index in [4.69, 9.17) is 28.4 Å². The fourth-order valence-corrected chi connectivity index (χ4v) is 5.63. The Labute approximate surface area is 265 Å². The standard InChI is InChI=1S/C37H54O7/c1-25(36(2,3)4)26-11-13-33(14-12-26)43-15-16-44-35-29(23-41-9)19-32(20-30(35)24-42-10)37(5,6)31-17-27(21-39-7)34(38)28(18-31)22-40-8/h11,13,17-20,25,38H,12,14-16,21-24H2,1-10H3. The molecule has 0 saturated heterocycles. The van der Waals surface area contributed by atoms with Crippen LogP contribution in [0.1, 0.15) is 87.8 Å². The maximum absolute atomic E-state index is 10.8. The van der Waals surface area contributed by atoms with Gasteiger partial charge in [-0.25, -0.2) is 0 Å². The molecule has 3 rings (SSSR count). The monoisotopic (exact) mass is 610 g/mol. The van der Waals surface area contributed by atoms with Crippen LogP contribution < -0.4 is 4.74 Å². The molecule has 0 heterocycles. The number of hydrogen-bond donors (Lipinski definition) is 1. The topological polar surface area (TPSA) is 75.6 Å². The molecule has 1 N–H and O–H groups in total. The van der Waals surface area contributed by atoms with E-state index in [9.17, 15) is 5.11 Å². The van der Waals surface area contributed by atoms with Crippen molar-refractivity contribution in [2.75, 3.05) is 41.7 Å². The van der Waals surface area contributed by atoms with Gasteiger partial charge in [0.05, 0.1) is 32.2 Å². The fourth-order valence-electron chi connectivity index (χ4n) is 5.63. The molecule has 7 nitrogen and oxygen atoms in total. The molecular weight excluding hydrogens is 556 g/mol. The van der Waals surface area contributed by atoms with Gasteiger partial charge in [0.1, 0.15) is 24.7 Å². The first-order valence-corrected chi connectivity index (χ1v) is 15.5. The average molecular weight is 611 g/mol. The number of ether oxygens (including phenoxy) is 6. The molecule has 0 aliphatic heterocycles. The van der Waals surface area contributed by atoms with Gasteiger partial charge in [-0.15, -0.1) is 0 Å². The van der Waals surface area contributed by atoms with Crippen molar-refractivity contribution in [1.29, 1.82) is 0 Å². The van der Waals surface area contributed by atoms with E-state index < -0.39 is 5.41 Å². The van der Waals surface area contributed by atoms with Crippen LogP contribution in [0.5, 0.6) is 11.5 Å². The summed E-state index contributed by atoms with van der Waals surface area (Å²) in [6.07, 6.45) is 6.28. The van der Waals surface area contributed by atoms with E-state index >= 15 is 0 Å². The highest BCUT2D eigenvalue weighted by molar-refractivity contribution is 5.52. The van der Waals surface area contributed by atoms with Crippen molar-refractivity contribution in [3.05, 3.63) is 81.1 Å². The Morgan fingerprint density at radius 3 is 1.55 bits per heavy atom. The van der Waals surface area contributed by atoms with Crippen LogP contribution in [0, 0.1) is 11.3 Å². The van der Waals surface area contributed by atoms with Gasteiger partial charge in [0.15, 0.2) is 0 Å². The van der Waals surface area contributed by atoms with Crippen LogP contribution in [-0.4, -0.2) is 46.8 Å². The summed E-state index contributed by atoms with van der Waals surface area (Å²) in [4.78, 5) is 0. The molecule has 244 valence electrons. The van der Waals surface area contributed by atoms with Gasteiger partial charge in [0.2, 0.25) is 0 Å². The maximum atomic E-state index is 10.8. The van der Waals surface area contributed by atoms with Gasteiger partial charge >= 0.3 is 0 Å². The molecule has 0 aromatic heterocycles. The average Bonchev–Trinajstić information content (AvgIpc) is 2.98. The third-order valence-electron chi connectivity index (χ3n) is 8.77. The lowest BCUT2D eigenvalue weighted by atomic mass is 9.75.